The van der Waals surface area contributed by atoms with Gasteiger partial charge >= 0.3 is 11.9 Å². The summed E-state index contributed by atoms with van der Waals surface area (Å²) in [5.74, 6) is -5.43. The number of benzene rings is 1. The Morgan fingerprint density at radius 1 is 0.889 bits per heavy atom. The number of aliphatic hydroxyl groups is 1. The molecule has 5 unspecified atom stereocenters. The molecular formula is C23H34N4O9. The van der Waals surface area contributed by atoms with Crippen LogP contribution in [0.1, 0.15) is 38.7 Å². The van der Waals surface area contributed by atoms with E-state index in [0.717, 1.165) is 0 Å². The van der Waals surface area contributed by atoms with Crippen molar-refractivity contribution in [2.24, 2.45) is 11.7 Å². The molecule has 13 nitrogen and oxygen atoms in total. The number of phenolic OH excluding ortho intramolecular Hbond substituents is 1. The van der Waals surface area contributed by atoms with E-state index in [2.05, 4.69) is 16.0 Å². The zero-order chi connectivity index (χ0) is 27.4. The molecule has 1 rings (SSSR count). The number of phenols is 1. The van der Waals surface area contributed by atoms with Crippen LogP contribution in [0, 0.1) is 5.92 Å². The summed E-state index contributed by atoms with van der Waals surface area (Å²) in [6, 6.07) is 0.391. The lowest BCUT2D eigenvalue weighted by molar-refractivity contribution is -0.143. The fraction of sp³-hybridized carbons (Fsp3) is 0.522. The zero-order valence-corrected chi connectivity index (χ0v) is 20.1. The van der Waals surface area contributed by atoms with E-state index < -0.39 is 66.9 Å². The Bertz CT molecular complexity index is 923. The zero-order valence-electron chi connectivity index (χ0n) is 20.1. The number of aliphatic carboxylic acids is 2. The van der Waals surface area contributed by atoms with Crippen LogP contribution < -0.4 is 21.7 Å². The molecule has 0 saturated carbocycles. The van der Waals surface area contributed by atoms with E-state index in [4.69, 9.17) is 15.9 Å². The molecule has 0 aliphatic rings. The standard InChI is InChI=1S/C23H34N4O9/c1-3-12(2)19(24)22(34)25-15(8-9-18(30)31)20(32)26-16(10-13-4-6-14(29)7-5-13)21(33)27-17(11-28)23(35)36/h4-7,12,15-17,19,28-29H,3,8-11,24H2,1-2H3,(H,25,34)(H,26,32)(H,27,33)(H,30,31)(H,35,36). The summed E-state index contributed by atoms with van der Waals surface area (Å²) < 4.78 is 0. The van der Waals surface area contributed by atoms with Gasteiger partial charge in [-0.05, 0) is 30.0 Å². The summed E-state index contributed by atoms with van der Waals surface area (Å²) in [4.78, 5) is 60.7. The monoisotopic (exact) mass is 510 g/mol. The van der Waals surface area contributed by atoms with Crippen molar-refractivity contribution in [3.63, 3.8) is 0 Å². The molecule has 200 valence electrons. The van der Waals surface area contributed by atoms with Crippen LogP contribution in [0.2, 0.25) is 0 Å². The minimum absolute atomic E-state index is 0.0379. The normalized spacial score (nSPS) is 15.0. The third-order valence-corrected chi connectivity index (χ3v) is 5.65. The van der Waals surface area contributed by atoms with E-state index in [-0.39, 0.29) is 24.5 Å². The van der Waals surface area contributed by atoms with Gasteiger partial charge in [-0.3, -0.25) is 19.2 Å². The molecule has 13 heteroatoms. The highest BCUT2D eigenvalue weighted by atomic mass is 16.4. The summed E-state index contributed by atoms with van der Waals surface area (Å²) in [6.45, 7) is 2.68. The van der Waals surface area contributed by atoms with Crippen molar-refractivity contribution < 1.29 is 44.4 Å². The molecule has 0 bridgehead atoms. The summed E-state index contributed by atoms with van der Waals surface area (Å²) in [5, 5.41) is 43.9. The van der Waals surface area contributed by atoms with E-state index in [1.54, 1.807) is 6.92 Å². The number of aromatic hydroxyl groups is 1. The van der Waals surface area contributed by atoms with Gasteiger partial charge in [0.1, 0.15) is 23.9 Å². The highest BCUT2D eigenvalue weighted by molar-refractivity contribution is 5.94. The van der Waals surface area contributed by atoms with Crippen molar-refractivity contribution in [2.75, 3.05) is 6.61 Å². The first-order valence-corrected chi connectivity index (χ1v) is 11.4. The maximum atomic E-state index is 13.1. The lowest BCUT2D eigenvalue weighted by atomic mass is 9.98. The van der Waals surface area contributed by atoms with Crippen LogP contribution in [-0.4, -0.2) is 80.9 Å². The highest BCUT2D eigenvalue weighted by Crippen LogP contribution is 2.12. The van der Waals surface area contributed by atoms with Crippen LogP contribution in [0.25, 0.3) is 0 Å². The first kappa shape index (κ1) is 30.3. The number of carbonyl (C=O) groups excluding carboxylic acids is 3. The van der Waals surface area contributed by atoms with Crippen molar-refractivity contribution in [3.8, 4) is 5.75 Å². The molecule has 1 aromatic rings. The molecule has 0 saturated heterocycles. The van der Waals surface area contributed by atoms with Gasteiger partial charge in [-0.1, -0.05) is 32.4 Å². The van der Waals surface area contributed by atoms with Crippen LogP contribution in [-0.2, 0) is 30.4 Å². The number of nitrogens with one attached hydrogen (secondary N) is 3. The van der Waals surface area contributed by atoms with Crippen molar-refractivity contribution in [2.45, 2.75) is 63.7 Å². The van der Waals surface area contributed by atoms with Gasteiger partial charge in [-0.25, -0.2) is 4.79 Å². The third kappa shape index (κ3) is 9.88. The molecule has 5 atom stereocenters. The van der Waals surface area contributed by atoms with Gasteiger partial charge in [0.05, 0.1) is 12.6 Å². The van der Waals surface area contributed by atoms with Crippen LogP contribution in [0.4, 0.5) is 0 Å². The lowest BCUT2D eigenvalue weighted by Crippen LogP contribution is -2.58. The van der Waals surface area contributed by atoms with Crippen LogP contribution >= 0.6 is 0 Å². The van der Waals surface area contributed by atoms with Crippen LogP contribution in [0.15, 0.2) is 24.3 Å². The molecule has 0 aliphatic carbocycles. The predicted octanol–water partition coefficient (Wildman–Crippen LogP) is -1.30. The topological polar surface area (TPSA) is 228 Å². The van der Waals surface area contributed by atoms with Gasteiger partial charge < -0.3 is 42.1 Å². The molecular weight excluding hydrogens is 476 g/mol. The summed E-state index contributed by atoms with van der Waals surface area (Å²) in [7, 11) is 0. The third-order valence-electron chi connectivity index (χ3n) is 5.65. The fourth-order valence-electron chi connectivity index (χ4n) is 3.12. The Hall–Kier alpha value is -3.71. The molecule has 0 radical (unpaired) electrons. The average Bonchev–Trinajstić information content (AvgIpc) is 2.83. The summed E-state index contributed by atoms with van der Waals surface area (Å²) in [5.41, 5.74) is 6.41. The van der Waals surface area contributed by atoms with Gasteiger partial charge in [0.25, 0.3) is 0 Å². The molecule has 3 amide bonds. The molecule has 0 heterocycles. The number of carboxylic acids is 2. The van der Waals surface area contributed by atoms with Crippen molar-refractivity contribution in [3.05, 3.63) is 29.8 Å². The van der Waals surface area contributed by atoms with E-state index >= 15 is 0 Å². The Morgan fingerprint density at radius 3 is 1.92 bits per heavy atom. The van der Waals surface area contributed by atoms with Gasteiger partial charge in [-0.15, -0.1) is 0 Å². The molecule has 9 N–H and O–H groups in total. The number of rotatable bonds is 15. The second-order valence-electron chi connectivity index (χ2n) is 8.42. The number of hydrogen-bond acceptors (Lipinski definition) is 8. The Morgan fingerprint density at radius 2 is 1.42 bits per heavy atom. The second kappa shape index (κ2) is 14.6. The average molecular weight is 511 g/mol. The second-order valence-corrected chi connectivity index (χ2v) is 8.42. The molecule has 36 heavy (non-hydrogen) atoms. The number of nitrogens with two attached hydrogens (primary N) is 1. The van der Waals surface area contributed by atoms with Crippen LogP contribution in [0.3, 0.4) is 0 Å². The van der Waals surface area contributed by atoms with Crippen molar-refractivity contribution in [1.29, 1.82) is 0 Å². The number of carboxylic acid groups (broad SMARTS) is 2. The van der Waals surface area contributed by atoms with E-state index in [1.165, 1.54) is 24.3 Å². The number of amides is 3. The fourth-order valence-corrected chi connectivity index (χ4v) is 3.12. The minimum Gasteiger partial charge on any atom is -0.508 e. The predicted molar refractivity (Wildman–Crippen MR) is 127 cm³/mol. The summed E-state index contributed by atoms with van der Waals surface area (Å²) >= 11 is 0. The van der Waals surface area contributed by atoms with E-state index in [9.17, 15) is 34.2 Å². The van der Waals surface area contributed by atoms with E-state index in [1.807, 2.05) is 6.92 Å². The maximum Gasteiger partial charge on any atom is 0.328 e. The number of hydrogen-bond donors (Lipinski definition) is 8. The molecule has 1 aromatic carbocycles. The maximum absolute atomic E-state index is 13.1. The van der Waals surface area contributed by atoms with Crippen molar-refractivity contribution in [1.82, 2.24) is 16.0 Å². The van der Waals surface area contributed by atoms with Crippen LogP contribution in [0.5, 0.6) is 5.75 Å². The molecule has 0 spiro atoms. The SMILES string of the molecule is CCC(C)C(N)C(=O)NC(CCC(=O)O)C(=O)NC(Cc1ccc(O)cc1)C(=O)NC(CO)C(=O)O. The molecule has 0 aliphatic heterocycles. The highest BCUT2D eigenvalue weighted by Gasteiger charge is 2.31. The van der Waals surface area contributed by atoms with Crippen molar-refractivity contribution >= 4 is 29.7 Å². The van der Waals surface area contributed by atoms with Gasteiger partial charge in [-0.2, -0.15) is 0 Å². The number of carbonyl (C=O) groups is 5. The number of aliphatic hydroxyl groups excluding tert-OH is 1. The van der Waals surface area contributed by atoms with Gasteiger partial charge in [0.2, 0.25) is 17.7 Å². The Kier molecular flexibility index (Phi) is 12.3. The molecule has 0 aromatic heterocycles. The van der Waals surface area contributed by atoms with E-state index in [0.29, 0.717) is 12.0 Å². The first-order chi connectivity index (χ1) is 16.9. The van der Waals surface area contributed by atoms with Gasteiger partial charge in [0, 0.05) is 12.8 Å². The minimum atomic E-state index is -1.63. The summed E-state index contributed by atoms with van der Waals surface area (Å²) in [6.07, 6.45) is -0.300. The lowest BCUT2D eigenvalue weighted by Gasteiger charge is -2.26. The largest absolute Gasteiger partial charge is 0.508 e. The Balaban J connectivity index is 3.15. The first-order valence-electron chi connectivity index (χ1n) is 11.4. The molecule has 0 fully saturated rings. The smallest absolute Gasteiger partial charge is 0.328 e. The quantitative estimate of drug-likeness (QED) is 0.139. The van der Waals surface area contributed by atoms with Gasteiger partial charge in [0.15, 0.2) is 0 Å². The Labute approximate surface area is 208 Å².